The molecule has 0 heterocycles. The lowest BCUT2D eigenvalue weighted by atomic mass is 10.0. The van der Waals surface area contributed by atoms with Gasteiger partial charge in [0.1, 0.15) is 11.5 Å². The number of benzene rings is 2. The molecule has 2 N–H and O–H groups in total. The molecule has 2 aromatic carbocycles. The average Bonchev–Trinajstić information content (AvgIpc) is 2.53. The van der Waals surface area contributed by atoms with Gasteiger partial charge in [-0.2, -0.15) is 0 Å². The number of nitrogens with one attached hydrogen (secondary N) is 1. The average molecular weight is 285 g/mol. The second kappa shape index (κ2) is 7.70. The van der Waals surface area contributed by atoms with E-state index in [9.17, 15) is 5.11 Å². The molecule has 0 bridgehead atoms. The molecule has 0 saturated carbocycles. The van der Waals surface area contributed by atoms with Crippen LogP contribution in [0.3, 0.4) is 0 Å². The summed E-state index contributed by atoms with van der Waals surface area (Å²) >= 11 is 0. The van der Waals surface area contributed by atoms with E-state index in [0.29, 0.717) is 5.75 Å². The molecule has 0 amide bonds. The molecule has 0 radical (unpaired) electrons. The first-order valence-corrected chi connectivity index (χ1v) is 7.39. The number of para-hydroxylation sites is 2. The van der Waals surface area contributed by atoms with Crippen molar-refractivity contribution >= 4 is 0 Å². The minimum absolute atomic E-state index is 0.168. The predicted octanol–water partition coefficient (Wildman–Crippen LogP) is 3.68. The third-order valence-electron chi connectivity index (χ3n) is 3.70. The van der Waals surface area contributed by atoms with Gasteiger partial charge >= 0.3 is 0 Å². The van der Waals surface area contributed by atoms with Crippen LogP contribution in [0.5, 0.6) is 11.5 Å². The molecule has 3 heteroatoms. The van der Waals surface area contributed by atoms with Crippen molar-refractivity contribution < 1.29 is 9.84 Å². The molecule has 1 atom stereocenters. The topological polar surface area (TPSA) is 41.5 Å². The fourth-order valence-corrected chi connectivity index (χ4v) is 2.55. The molecule has 2 rings (SSSR count). The highest BCUT2D eigenvalue weighted by Crippen LogP contribution is 2.26. The van der Waals surface area contributed by atoms with Crippen molar-refractivity contribution in [2.24, 2.45) is 0 Å². The molecule has 0 saturated heterocycles. The summed E-state index contributed by atoms with van der Waals surface area (Å²) in [6.07, 6.45) is 1.83. The monoisotopic (exact) mass is 285 g/mol. The van der Waals surface area contributed by atoms with Crippen molar-refractivity contribution in [3.8, 4) is 11.5 Å². The Bertz CT molecular complexity index is 569. The molecule has 112 valence electrons. The van der Waals surface area contributed by atoms with Crippen molar-refractivity contribution in [2.45, 2.75) is 25.8 Å². The molecule has 21 heavy (non-hydrogen) atoms. The molecule has 0 aliphatic rings. The first-order valence-electron chi connectivity index (χ1n) is 7.39. The number of hydrogen-bond acceptors (Lipinski definition) is 3. The van der Waals surface area contributed by atoms with Gasteiger partial charge in [-0.1, -0.05) is 43.3 Å². The van der Waals surface area contributed by atoms with Gasteiger partial charge in [0.25, 0.3) is 0 Å². The highest BCUT2D eigenvalue weighted by molar-refractivity contribution is 5.35. The summed E-state index contributed by atoms with van der Waals surface area (Å²) in [5, 5.41) is 13.5. The molecule has 0 aliphatic carbocycles. The summed E-state index contributed by atoms with van der Waals surface area (Å²) in [6.45, 7) is 2.96. The van der Waals surface area contributed by atoms with E-state index in [0.717, 1.165) is 30.7 Å². The Hall–Kier alpha value is -2.00. The summed E-state index contributed by atoms with van der Waals surface area (Å²) in [5.41, 5.74) is 2.15. The molecule has 3 nitrogen and oxygen atoms in total. The lowest BCUT2D eigenvalue weighted by molar-refractivity contribution is 0.407. The van der Waals surface area contributed by atoms with Crippen LogP contribution in [0.15, 0.2) is 48.5 Å². The third kappa shape index (κ3) is 3.99. The maximum atomic E-state index is 9.95. The molecule has 0 aromatic heterocycles. The van der Waals surface area contributed by atoms with Gasteiger partial charge in [0.2, 0.25) is 0 Å². The second-order valence-corrected chi connectivity index (χ2v) is 5.04. The molecular weight excluding hydrogens is 262 g/mol. The van der Waals surface area contributed by atoms with Crippen molar-refractivity contribution in [1.29, 1.82) is 0 Å². The number of phenols is 1. The van der Waals surface area contributed by atoms with E-state index < -0.39 is 0 Å². The molecule has 2 aromatic rings. The highest BCUT2D eigenvalue weighted by atomic mass is 16.5. The Morgan fingerprint density at radius 3 is 2.52 bits per heavy atom. The third-order valence-corrected chi connectivity index (χ3v) is 3.70. The fourth-order valence-electron chi connectivity index (χ4n) is 2.55. The van der Waals surface area contributed by atoms with Crippen LogP contribution in [-0.4, -0.2) is 18.8 Å². The second-order valence-electron chi connectivity index (χ2n) is 5.04. The lowest BCUT2D eigenvalue weighted by Gasteiger charge is -2.19. The van der Waals surface area contributed by atoms with Gasteiger partial charge in [-0.25, -0.2) is 0 Å². The Morgan fingerprint density at radius 2 is 1.81 bits per heavy atom. The fraction of sp³-hybridized carbons (Fsp3) is 0.333. The zero-order valence-electron chi connectivity index (χ0n) is 12.7. The maximum Gasteiger partial charge on any atom is 0.122 e. The first kappa shape index (κ1) is 15.4. The normalized spacial score (nSPS) is 12.1. The molecule has 1 unspecified atom stereocenters. The molecule has 0 aliphatic heterocycles. The predicted molar refractivity (Wildman–Crippen MR) is 85.8 cm³/mol. The highest BCUT2D eigenvalue weighted by Gasteiger charge is 2.12. The Morgan fingerprint density at radius 1 is 1.10 bits per heavy atom. The zero-order chi connectivity index (χ0) is 15.1. The lowest BCUT2D eigenvalue weighted by Crippen LogP contribution is -2.23. The van der Waals surface area contributed by atoms with Crippen LogP contribution in [0.4, 0.5) is 0 Å². The van der Waals surface area contributed by atoms with Gasteiger partial charge in [0.15, 0.2) is 0 Å². The summed E-state index contributed by atoms with van der Waals surface area (Å²) < 4.78 is 5.37. The van der Waals surface area contributed by atoms with Gasteiger partial charge < -0.3 is 15.2 Å². The van der Waals surface area contributed by atoms with Gasteiger partial charge in [-0.3, -0.25) is 0 Å². The molecule has 0 fully saturated rings. The number of methoxy groups -OCH3 is 1. The van der Waals surface area contributed by atoms with Crippen LogP contribution >= 0.6 is 0 Å². The van der Waals surface area contributed by atoms with E-state index >= 15 is 0 Å². The zero-order valence-corrected chi connectivity index (χ0v) is 12.7. The van der Waals surface area contributed by atoms with Crippen LogP contribution in [0.25, 0.3) is 0 Å². The summed E-state index contributed by atoms with van der Waals surface area (Å²) in [5.74, 6) is 1.28. The van der Waals surface area contributed by atoms with Crippen molar-refractivity contribution in [2.75, 3.05) is 13.7 Å². The van der Waals surface area contributed by atoms with Crippen molar-refractivity contribution in [3.05, 3.63) is 59.7 Å². The van der Waals surface area contributed by atoms with E-state index in [-0.39, 0.29) is 6.04 Å². The Balaban J connectivity index is 1.97. The van der Waals surface area contributed by atoms with E-state index in [1.54, 1.807) is 13.2 Å². The number of phenolic OH excluding ortho intramolecular Hbond substituents is 1. The summed E-state index contributed by atoms with van der Waals surface area (Å²) in [6, 6.07) is 15.8. The Labute approximate surface area is 126 Å². The van der Waals surface area contributed by atoms with Crippen LogP contribution in [0.1, 0.15) is 30.5 Å². The maximum absolute atomic E-state index is 9.95. The van der Waals surface area contributed by atoms with E-state index in [1.807, 2.05) is 36.4 Å². The molecule has 0 spiro atoms. The molecular formula is C18H23NO2. The van der Waals surface area contributed by atoms with Crippen molar-refractivity contribution in [1.82, 2.24) is 5.32 Å². The van der Waals surface area contributed by atoms with Gasteiger partial charge in [-0.15, -0.1) is 0 Å². The van der Waals surface area contributed by atoms with E-state index in [1.165, 1.54) is 5.56 Å². The number of hydrogen-bond donors (Lipinski definition) is 2. The van der Waals surface area contributed by atoms with Crippen LogP contribution < -0.4 is 10.1 Å². The number of ether oxygens (including phenoxy) is 1. The van der Waals surface area contributed by atoms with E-state index in [2.05, 4.69) is 18.3 Å². The van der Waals surface area contributed by atoms with Gasteiger partial charge in [-0.05, 0) is 37.1 Å². The first-order chi connectivity index (χ1) is 10.3. The van der Waals surface area contributed by atoms with Crippen LogP contribution in [0, 0.1) is 0 Å². The van der Waals surface area contributed by atoms with Crippen LogP contribution in [-0.2, 0) is 6.42 Å². The smallest absolute Gasteiger partial charge is 0.122 e. The Kier molecular flexibility index (Phi) is 5.64. The van der Waals surface area contributed by atoms with Gasteiger partial charge in [0.05, 0.1) is 7.11 Å². The van der Waals surface area contributed by atoms with Crippen molar-refractivity contribution in [3.63, 3.8) is 0 Å². The van der Waals surface area contributed by atoms with Crippen LogP contribution in [0.2, 0.25) is 0 Å². The standard InChI is InChI=1S/C18H23NO2/c1-3-16(15-9-5-6-10-17(15)20)19-13-12-14-8-4-7-11-18(14)21-2/h4-11,16,19-20H,3,12-13H2,1-2H3. The summed E-state index contributed by atoms with van der Waals surface area (Å²) in [4.78, 5) is 0. The minimum Gasteiger partial charge on any atom is -0.508 e. The number of aromatic hydroxyl groups is 1. The minimum atomic E-state index is 0.168. The largest absolute Gasteiger partial charge is 0.508 e. The number of rotatable bonds is 7. The van der Waals surface area contributed by atoms with Gasteiger partial charge in [0, 0.05) is 11.6 Å². The quantitative estimate of drug-likeness (QED) is 0.815. The van der Waals surface area contributed by atoms with E-state index in [4.69, 9.17) is 4.74 Å². The SMILES string of the molecule is CCC(NCCc1ccccc1OC)c1ccccc1O. The summed E-state index contributed by atoms with van der Waals surface area (Å²) in [7, 11) is 1.70.